The van der Waals surface area contributed by atoms with Crippen molar-refractivity contribution in [2.45, 2.75) is 13.5 Å². The van der Waals surface area contributed by atoms with E-state index in [9.17, 15) is 9.18 Å². The minimum Gasteiger partial charge on any atom is -0.358 e. The molecule has 0 aliphatic carbocycles. The lowest BCUT2D eigenvalue weighted by molar-refractivity contribution is 0.0628. The van der Waals surface area contributed by atoms with E-state index in [0.717, 1.165) is 22.2 Å². The summed E-state index contributed by atoms with van der Waals surface area (Å²) in [6, 6.07) is 12.6. The maximum Gasteiger partial charge on any atom is 0.256 e. The highest BCUT2D eigenvalue weighted by atomic mass is 35.5. The summed E-state index contributed by atoms with van der Waals surface area (Å²) in [5.74, 6) is -0.232. The quantitative estimate of drug-likeness (QED) is 0.733. The van der Waals surface area contributed by atoms with Crippen LogP contribution in [0.2, 0.25) is 5.02 Å². The molecule has 0 spiro atoms. The third-order valence-electron chi connectivity index (χ3n) is 5.21. The molecule has 0 saturated carbocycles. The fourth-order valence-corrected chi connectivity index (χ4v) is 3.95. The number of H-pyrrole nitrogens is 1. The molecule has 1 fully saturated rings. The van der Waals surface area contributed by atoms with Gasteiger partial charge in [0.05, 0.1) is 5.56 Å². The van der Waals surface area contributed by atoms with Gasteiger partial charge in [0.2, 0.25) is 0 Å². The van der Waals surface area contributed by atoms with E-state index in [2.05, 4.69) is 9.88 Å². The molecule has 1 amide bonds. The van der Waals surface area contributed by atoms with E-state index in [-0.39, 0.29) is 11.7 Å². The monoisotopic (exact) mass is 385 g/mol. The minimum atomic E-state index is -0.282. The first-order valence-corrected chi connectivity index (χ1v) is 9.44. The van der Waals surface area contributed by atoms with Gasteiger partial charge in [-0.15, -0.1) is 0 Å². The van der Waals surface area contributed by atoms with Crippen LogP contribution in [0, 0.1) is 12.7 Å². The maximum atomic E-state index is 14.0. The molecule has 3 aromatic rings. The number of aromatic nitrogens is 1. The van der Waals surface area contributed by atoms with Crippen molar-refractivity contribution >= 4 is 28.4 Å². The van der Waals surface area contributed by atoms with Gasteiger partial charge in [-0.2, -0.15) is 0 Å². The number of hydrogen-bond acceptors (Lipinski definition) is 2. The van der Waals surface area contributed by atoms with Crippen molar-refractivity contribution in [2.24, 2.45) is 0 Å². The lowest BCUT2D eigenvalue weighted by Gasteiger charge is -2.35. The average Bonchev–Trinajstić information content (AvgIpc) is 3.00. The molecule has 0 atom stereocenters. The van der Waals surface area contributed by atoms with Crippen LogP contribution < -0.4 is 0 Å². The molecule has 1 aliphatic rings. The van der Waals surface area contributed by atoms with Crippen molar-refractivity contribution in [3.63, 3.8) is 0 Å². The van der Waals surface area contributed by atoms with Crippen LogP contribution in [-0.2, 0) is 6.54 Å². The van der Waals surface area contributed by atoms with E-state index in [1.165, 1.54) is 6.07 Å². The van der Waals surface area contributed by atoms with Gasteiger partial charge in [0, 0.05) is 59.9 Å². The van der Waals surface area contributed by atoms with Gasteiger partial charge in [0.1, 0.15) is 5.82 Å². The lowest BCUT2D eigenvalue weighted by atomic mass is 10.1. The zero-order valence-electron chi connectivity index (χ0n) is 15.1. The van der Waals surface area contributed by atoms with Gasteiger partial charge in [0.15, 0.2) is 0 Å². The topological polar surface area (TPSA) is 39.3 Å². The van der Waals surface area contributed by atoms with Crippen molar-refractivity contribution in [1.29, 1.82) is 0 Å². The molecule has 4 nitrogen and oxygen atoms in total. The summed E-state index contributed by atoms with van der Waals surface area (Å²) in [6.45, 7) is 5.01. The number of aromatic amines is 1. The number of carbonyl (C=O) groups is 1. The Morgan fingerprint density at radius 2 is 1.85 bits per heavy atom. The number of amides is 1. The Morgan fingerprint density at radius 3 is 2.59 bits per heavy atom. The smallest absolute Gasteiger partial charge is 0.256 e. The first-order valence-electron chi connectivity index (χ1n) is 9.06. The Kier molecular flexibility index (Phi) is 4.89. The average molecular weight is 386 g/mol. The standard InChI is InChI=1S/C21H21ClFN3O/c1-14-20(15-5-2-3-8-19(15)24-14)21(27)26-11-9-25(10-12-26)13-16-17(22)6-4-7-18(16)23/h2-8,24H,9-13H2,1H3. The summed E-state index contributed by atoms with van der Waals surface area (Å²) >= 11 is 6.13. The van der Waals surface area contributed by atoms with Crippen molar-refractivity contribution < 1.29 is 9.18 Å². The van der Waals surface area contributed by atoms with Crippen molar-refractivity contribution in [3.05, 3.63) is 70.1 Å². The van der Waals surface area contributed by atoms with Gasteiger partial charge in [0.25, 0.3) is 5.91 Å². The fraction of sp³-hybridized carbons (Fsp3) is 0.286. The Hall–Kier alpha value is -2.37. The van der Waals surface area contributed by atoms with Gasteiger partial charge >= 0.3 is 0 Å². The number of rotatable bonds is 3. The van der Waals surface area contributed by atoms with Gasteiger partial charge in [-0.3, -0.25) is 9.69 Å². The first-order chi connectivity index (χ1) is 13.0. The van der Waals surface area contributed by atoms with Crippen LogP contribution in [0.3, 0.4) is 0 Å². The molecule has 1 aliphatic heterocycles. The van der Waals surface area contributed by atoms with Gasteiger partial charge in [-0.05, 0) is 25.1 Å². The molecule has 1 aromatic heterocycles. The normalized spacial score (nSPS) is 15.4. The second-order valence-corrected chi connectivity index (χ2v) is 7.35. The zero-order valence-corrected chi connectivity index (χ0v) is 15.9. The molecular formula is C21H21ClFN3O. The number of carbonyl (C=O) groups excluding carboxylic acids is 1. The van der Waals surface area contributed by atoms with Gasteiger partial charge in [-0.25, -0.2) is 4.39 Å². The molecule has 140 valence electrons. The summed E-state index contributed by atoms with van der Waals surface area (Å²) in [4.78, 5) is 20.4. The molecule has 2 aromatic carbocycles. The van der Waals surface area contributed by atoms with E-state index in [4.69, 9.17) is 11.6 Å². The number of fused-ring (bicyclic) bond motifs is 1. The number of para-hydroxylation sites is 1. The van der Waals surface area contributed by atoms with Crippen LogP contribution in [-0.4, -0.2) is 46.9 Å². The van der Waals surface area contributed by atoms with E-state index in [0.29, 0.717) is 43.3 Å². The molecule has 4 rings (SSSR count). The summed E-state index contributed by atoms with van der Waals surface area (Å²) in [6.07, 6.45) is 0. The summed E-state index contributed by atoms with van der Waals surface area (Å²) < 4.78 is 14.0. The fourth-order valence-electron chi connectivity index (χ4n) is 3.73. The Labute approximate surface area is 162 Å². The highest BCUT2D eigenvalue weighted by molar-refractivity contribution is 6.31. The van der Waals surface area contributed by atoms with Crippen LogP contribution in [0.5, 0.6) is 0 Å². The van der Waals surface area contributed by atoms with Gasteiger partial charge in [-0.1, -0.05) is 35.9 Å². The number of nitrogens with one attached hydrogen (secondary N) is 1. The number of aryl methyl sites for hydroxylation is 1. The van der Waals surface area contributed by atoms with Crippen LogP contribution >= 0.6 is 11.6 Å². The second kappa shape index (κ2) is 7.33. The molecule has 0 bridgehead atoms. The third-order valence-corrected chi connectivity index (χ3v) is 5.56. The number of benzene rings is 2. The van der Waals surface area contributed by atoms with Crippen LogP contribution in [0.1, 0.15) is 21.6 Å². The van der Waals surface area contributed by atoms with Crippen LogP contribution in [0.15, 0.2) is 42.5 Å². The van der Waals surface area contributed by atoms with E-state index < -0.39 is 0 Å². The molecule has 0 unspecified atom stereocenters. The Bertz CT molecular complexity index is 972. The second-order valence-electron chi connectivity index (χ2n) is 6.94. The van der Waals surface area contributed by atoms with E-state index in [1.54, 1.807) is 12.1 Å². The minimum absolute atomic E-state index is 0.0496. The molecular weight excluding hydrogens is 365 g/mol. The van der Waals surface area contributed by atoms with E-state index in [1.807, 2.05) is 36.1 Å². The summed E-state index contributed by atoms with van der Waals surface area (Å²) in [7, 11) is 0. The predicted molar refractivity (Wildman–Crippen MR) is 106 cm³/mol. The highest BCUT2D eigenvalue weighted by Gasteiger charge is 2.26. The van der Waals surface area contributed by atoms with Crippen molar-refractivity contribution in [1.82, 2.24) is 14.8 Å². The molecule has 6 heteroatoms. The zero-order chi connectivity index (χ0) is 19.0. The maximum absolute atomic E-state index is 14.0. The van der Waals surface area contributed by atoms with Crippen LogP contribution in [0.4, 0.5) is 4.39 Å². The van der Waals surface area contributed by atoms with Crippen LogP contribution in [0.25, 0.3) is 10.9 Å². The Morgan fingerprint density at radius 1 is 1.11 bits per heavy atom. The lowest BCUT2D eigenvalue weighted by Crippen LogP contribution is -2.48. The molecule has 2 heterocycles. The third kappa shape index (κ3) is 3.45. The van der Waals surface area contributed by atoms with E-state index >= 15 is 0 Å². The number of hydrogen-bond donors (Lipinski definition) is 1. The Balaban J connectivity index is 1.46. The summed E-state index contributed by atoms with van der Waals surface area (Å²) in [5, 5.41) is 1.41. The summed E-state index contributed by atoms with van der Waals surface area (Å²) in [5.41, 5.74) is 3.13. The molecule has 27 heavy (non-hydrogen) atoms. The predicted octanol–water partition coefficient (Wildman–Crippen LogP) is 4.23. The number of halogens is 2. The molecule has 1 N–H and O–H groups in total. The van der Waals surface area contributed by atoms with Gasteiger partial charge < -0.3 is 9.88 Å². The van der Waals surface area contributed by atoms with Crippen molar-refractivity contribution in [2.75, 3.05) is 26.2 Å². The number of nitrogens with zero attached hydrogens (tertiary/aromatic N) is 2. The van der Waals surface area contributed by atoms with Crippen molar-refractivity contribution in [3.8, 4) is 0 Å². The SMILES string of the molecule is Cc1[nH]c2ccccc2c1C(=O)N1CCN(Cc2c(F)cccc2Cl)CC1. The highest BCUT2D eigenvalue weighted by Crippen LogP contribution is 2.25. The molecule has 0 radical (unpaired) electrons. The largest absolute Gasteiger partial charge is 0.358 e. The first kappa shape index (κ1) is 18.0. The number of piperazine rings is 1. The molecule has 1 saturated heterocycles.